The number of halogens is 3. The number of carbonyl (C=O) groups excluding carboxylic acids is 1. The molecule has 1 aliphatic carbocycles. The average Bonchev–Trinajstić information content (AvgIpc) is 2.60. The van der Waals surface area contributed by atoms with E-state index >= 15 is 0 Å². The number of alkyl halides is 3. The molecule has 0 aromatic rings. The van der Waals surface area contributed by atoms with Crippen molar-refractivity contribution in [2.75, 3.05) is 0 Å². The molecular weight excluding hydrogens is 169 g/mol. The SMILES string of the molecule is CC1CC1C(=O)CCC(F)(F)F. The monoisotopic (exact) mass is 180 g/mol. The summed E-state index contributed by atoms with van der Waals surface area (Å²) in [5.41, 5.74) is 0. The molecule has 1 fully saturated rings. The van der Waals surface area contributed by atoms with E-state index in [4.69, 9.17) is 0 Å². The van der Waals surface area contributed by atoms with Crippen LogP contribution in [0, 0.1) is 11.8 Å². The molecule has 1 aliphatic rings. The van der Waals surface area contributed by atoms with Crippen LogP contribution < -0.4 is 0 Å². The molecule has 1 rings (SSSR count). The molecule has 0 aromatic carbocycles. The summed E-state index contributed by atoms with van der Waals surface area (Å²) in [4.78, 5) is 11.0. The summed E-state index contributed by atoms with van der Waals surface area (Å²) >= 11 is 0. The Balaban J connectivity index is 2.20. The number of ketones is 1. The number of carbonyl (C=O) groups is 1. The van der Waals surface area contributed by atoms with Gasteiger partial charge in [0.25, 0.3) is 0 Å². The molecule has 2 atom stereocenters. The van der Waals surface area contributed by atoms with Gasteiger partial charge < -0.3 is 0 Å². The molecule has 0 bridgehead atoms. The van der Waals surface area contributed by atoms with Gasteiger partial charge in [-0.05, 0) is 12.3 Å². The van der Waals surface area contributed by atoms with E-state index in [1.807, 2.05) is 6.92 Å². The van der Waals surface area contributed by atoms with Gasteiger partial charge in [0.15, 0.2) is 0 Å². The zero-order valence-electron chi connectivity index (χ0n) is 6.82. The molecule has 70 valence electrons. The number of rotatable bonds is 3. The lowest BCUT2D eigenvalue weighted by Gasteiger charge is -2.04. The lowest BCUT2D eigenvalue weighted by atomic mass is 10.1. The van der Waals surface area contributed by atoms with Gasteiger partial charge in [-0.25, -0.2) is 0 Å². The first-order valence-corrected chi connectivity index (χ1v) is 3.99. The summed E-state index contributed by atoms with van der Waals surface area (Å²) in [5, 5.41) is 0. The first-order valence-electron chi connectivity index (χ1n) is 3.99. The van der Waals surface area contributed by atoms with Crippen molar-refractivity contribution in [3.05, 3.63) is 0 Å². The summed E-state index contributed by atoms with van der Waals surface area (Å²) in [5.74, 6) is 0.0120. The molecule has 2 unspecified atom stereocenters. The lowest BCUT2D eigenvalue weighted by molar-refractivity contribution is -0.143. The highest BCUT2D eigenvalue weighted by Crippen LogP contribution is 2.40. The topological polar surface area (TPSA) is 17.1 Å². The van der Waals surface area contributed by atoms with Crippen LogP contribution in [0.2, 0.25) is 0 Å². The van der Waals surface area contributed by atoms with Crippen LogP contribution in [-0.2, 0) is 4.79 Å². The van der Waals surface area contributed by atoms with Crippen LogP contribution in [0.3, 0.4) is 0 Å². The molecule has 12 heavy (non-hydrogen) atoms. The number of Topliss-reactive ketones (excluding diaryl/α,β-unsaturated/α-hetero) is 1. The van der Waals surface area contributed by atoms with Crippen LogP contribution >= 0.6 is 0 Å². The van der Waals surface area contributed by atoms with Gasteiger partial charge in [-0.1, -0.05) is 6.92 Å². The van der Waals surface area contributed by atoms with Crippen LogP contribution in [-0.4, -0.2) is 12.0 Å². The summed E-state index contributed by atoms with van der Waals surface area (Å²) in [6, 6.07) is 0. The molecule has 1 saturated carbocycles. The molecule has 0 aliphatic heterocycles. The third-order valence-corrected chi connectivity index (χ3v) is 2.18. The Morgan fingerprint density at radius 3 is 2.33 bits per heavy atom. The minimum absolute atomic E-state index is 0.0765. The highest BCUT2D eigenvalue weighted by atomic mass is 19.4. The first kappa shape index (κ1) is 9.55. The highest BCUT2D eigenvalue weighted by molar-refractivity contribution is 5.83. The standard InChI is InChI=1S/C8H11F3O/c1-5-4-6(5)7(12)2-3-8(9,10)11/h5-6H,2-4H2,1H3. The van der Waals surface area contributed by atoms with Crippen molar-refractivity contribution in [2.24, 2.45) is 11.8 Å². The van der Waals surface area contributed by atoms with Crippen LogP contribution in [0.25, 0.3) is 0 Å². The average molecular weight is 180 g/mol. The van der Waals surface area contributed by atoms with Gasteiger partial charge >= 0.3 is 6.18 Å². The van der Waals surface area contributed by atoms with E-state index in [9.17, 15) is 18.0 Å². The van der Waals surface area contributed by atoms with Crippen molar-refractivity contribution >= 4 is 5.78 Å². The minimum Gasteiger partial charge on any atom is -0.299 e. The summed E-state index contributed by atoms with van der Waals surface area (Å²) < 4.78 is 34.9. The number of hydrogen-bond donors (Lipinski definition) is 0. The second kappa shape index (κ2) is 3.07. The fourth-order valence-corrected chi connectivity index (χ4v) is 1.22. The Kier molecular flexibility index (Phi) is 2.44. The van der Waals surface area contributed by atoms with E-state index in [1.54, 1.807) is 0 Å². The lowest BCUT2D eigenvalue weighted by Crippen LogP contribution is -2.12. The fourth-order valence-electron chi connectivity index (χ4n) is 1.22. The quantitative estimate of drug-likeness (QED) is 0.652. The molecule has 0 N–H and O–H groups in total. The van der Waals surface area contributed by atoms with E-state index < -0.39 is 12.6 Å². The van der Waals surface area contributed by atoms with Crippen LogP contribution in [0.1, 0.15) is 26.2 Å². The Morgan fingerprint density at radius 1 is 1.50 bits per heavy atom. The minimum atomic E-state index is -4.19. The van der Waals surface area contributed by atoms with Crippen molar-refractivity contribution < 1.29 is 18.0 Å². The summed E-state index contributed by atoms with van der Waals surface area (Å²) in [6.45, 7) is 1.89. The number of hydrogen-bond acceptors (Lipinski definition) is 1. The van der Waals surface area contributed by atoms with Gasteiger partial charge in [-0.15, -0.1) is 0 Å². The smallest absolute Gasteiger partial charge is 0.299 e. The van der Waals surface area contributed by atoms with Crippen molar-refractivity contribution in [1.29, 1.82) is 0 Å². The second-order valence-corrected chi connectivity index (χ2v) is 3.40. The molecule has 0 saturated heterocycles. The zero-order chi connectivity index (χ0) is 9.35. The Labute approximate surface area is 68.9 Å². The van der Waals surface area contributed by atoms with E-state index in [2.05, 4.69) is 0 Å². The molecule has 4 heteroatoms. The van der Waals surface area contributed by atoms with Crippen LogP contribution in [0.5, 0.6) is 0 Å². The van der Waals surface area contributed by atoms with E-state index in [1.165, 1.54) is 0 Å². The maximum atomic E-state index is 11.6. The van der Waals surface area contributed by atoms with Gasteiger partial charge in [0, 0.05) is 12.3 Å². The Morgan fingerprint density at radius 2 is 2.00 bits per heavy atom. The third kappa shape index (κ3) is 2.83. The van der Waals surface area contributed by atoms with E-state index in [0.29, 0.717) is 5.92 Å². The van der Waals surface area contributed by atoms with Gasteiger partial charge in [-0.3, -0.25) is 4.79 Å². The molecule has 0 amide bonds. The predicted molar refractivity (Wildman–Crippen MR) is 37.6 cm³/mol. The van der Waals surface area contributed by atoms with Gasteiger partial charge in [0.1, 0.15) is 5.78 Å². The maximum Gasteiger partial charge on any atom is 0.389 e. The summed E-state index contributed by atoms with van der Waals surface area (Å²) in [7, 11) is 0. The van der Waals surface area contributed by atoms with Crippen LogP contribution in [0.15, 0.2) is 0 Å². The van der Waals surface area contributed by atoms with Crippen molar-refractivity contribution in [3.63, 3.8) is 0 Å². The predicted octanol–water partition coefficient (Wildman–Crippen LogP) is 2.55. The van der Waals surface area contributed by atoms with Gasteiger partial charge in [-0.2, -0.15) is 13.2 Å². The Bertz CT molecular complexity index is 185. The van der Waals surface area contributed by atoms with Gasteiger partial charge in [0.2, 0.25) is 0 Å². The van der Waals surface area contributed by atoms with Gasteiger partial charge in [0.05, 0.1) is 6.42 Å². The van der Waals surface area contributed by atoms with E-state index in [-0.39, 0.29) is 18.1 Å². The van der Waals surface area contributed by atoms with Crippen molar-refractivity contribution in [2.45, 2.75) is 32.4 Å². The molecular formula is C8H11F3O. The zero-order valence-corrected chi connectivity index (χ0v) is 6.82. The molecule has 1 nitrogen and oxygen atoms in total. The van der Waals surface area contributed by atoms with Crippen molar-refractivity contribution in [1.82, 2.24) is 0 Å². The normalized spacial score (nSPS) is 28.7. The fraction of sp³-hybridized carbons (Fsp3) is 0.875. The highest BCUT2D eigenvalue weighted by Gasteiger charge is 2.40. The Hall–Kier alpha value is -0.540. The molecule has 0 aromatic heterocycles. The third-order valence-electron chi connectivity index (χ3n) is 2.18. The maximum absolute atomic E-state index is 11.6. The van der Waals surface area contributed by atoms with Crippen molar-refractivity contribution in [3.8, 4) is 0 Å². The molecule has 0 spiro atoms. The van der Waals surface area contributed by atoms with Crippen LogP contribution in [0.4, 0.5) is 13.2 Å². The second-order valence-electron chi connectivity index (χ2n) is 3.40. The first-order chi connectivity index (χ1) is 5.40. The molecule has 0 radical (unpaired) electrons. The van der Waals surface area contributed by atoms with E-state index in [0.717, 1.165) is 6.42 Å². The molecule has 0 heterocycles. The summed E-state index contributed by atoms with van der Waals surface area (Å²) in [6.07, 6.45) is -4.71. The largest absolute Gasteiger partial charge is 0.389 e.